The molecule has 1 N–H and O–H groups in total. The van der Waals surface area contributed by atoms with Crippen LogP contribution in [-0.4, -0.2) is 26.0 Å². The Kier molecular flexibility index (Phi) is 4.54. The summed E-state index contributed by atoms with van der Waals surface area (Å²) in [5, 5.41) is 3.26. The molecular weight excluding hydrogens is 166 g/mol. The summed E-state index contributed by atoms with van der Waals surface area (Å²) in [4.78, 5) is 10.9. The van der Waals surface area contributed by atoms with E-state index in [1.807, 2.05) is 0 Å². The highest BCUT2D eigenvalue weighted by atomic mass is 16.5. The first-order chi connectivity index (χ1) is 6.33. The molecule has 0 atom stereocenters. The molecule has 0 radical (unpaired) electrons. The molecule has 0 aliphatic heterocycles. The Balaban J connectivity index is 2.00. The van der Waals surface area contributed by atoms with Gasteiger partial charge in [-0.05, 0) is 19.3 Å². The molecule has 13 heavy (non-hydrogen) atoms. The van der Waals surface area contributed by atoms with Crippen LogP contribution in [0.4, 0.5) is 0 Å². The third-order valence-corrected chi connectivity index (χ3v) is 2.10. The maximum absolute atomic E-state index is 10.9. The van der Waals surface area contributed by atoms with Crippen LogP contribution in [0.2, 0.25) is 0 Å². The van der Waals surface area contributed by atoms with Crippen molar-refractivity contribution in [1.82, 2.24) is 5.32 Å². The summed E-state index contributed by atoms with van der Waals surface area (Å²) in [6.07, 6.45) is 5.46. The smallest absolute Gasteiger partial charge is 0.157 e. The van der Waals surface area contributed by atoms with E-state index in [-0.39, 0.29) is 5.78 Å². The second-order valence-corrected chi connectivity index (χ2v) is 3.26. The van der Waals surface area contributed by atoms with Crippen molar-refractivity contribution in [2.24, 2.45) is 0 Å². The molecule has 0 heterocycles. The first-order valence-electron chi connectivity index (χ1n) is 4.79. The lowest BCUT2D eigenvalue weighted by Gasteiger charge is -2.05. The predicted molar refractivity (Wildman–Crippen MR) is 51.4 cm³/mol. The zero-order valence-corrected chi connectivity index (χ0v) is 8.14. The molecule has 0 amide bonds. The standard InChI is InChI=1S/C10H17NO2/c1-13-7-3-2-6-11-9-4-5-10(12)8-9/h8,11H,2-7H2,1H3. The normalized spacial score (nSPS) is 16.1. The minimum absolute atomic E-state index is 0.249. The fourth-order valence-electron chi connectivity index (χ4n) is 1.36. The van der Waals surface area contributed by atoms with Crippen molar-refractivity contribution >= 4 is 5.78 Å². The maximum atomic E-state index is 10.9. The van der Waals surface area contributed by atoms with E-state index in [4.69, 9.17) is 4.74 Å². The average molecular weight is 183 g/mol. The summed E-state index contributed by atoms with van der Waals surface area (Å²) in [5.74, 6) is 0.249. The quantitative estimate of drug-likeness (QED) is 0.630. The summed E-state index contributed by atoms with van der Waals surface area (Å²) in [6.45, 7) is 1.77. The number of carbonyl (C=O) groups excluding carboxylic acids is 1. The summed E-state index contributed by atoms with van der Waals surface area (Å²) in [6, 6.07) is 0. The van der Waals surface area contributed by atoms with Crippen LogP contribution in [0.3, 0.4) is 0 Å². The SMILES string of the molecule is COCCCCNC1=CC(=O)CC1. The van der Waals surface area contributed by atoms with Gasteiger partial charge in [0.2, 0.25) is 0 Å². The molecule has 0 aromatic carbocycles. The maximum Gasteiger partial charge on any atom is 0.157 e. The van der Waals surface area contributed by atoms with Crippen molar-refractivity contribution in [2.75, 3.05) is 20.3 Å². The van der Waals surface area contributed by atoms with Gasteiger partial charge >= 0.3 is 0 Å². The number of nitrogens with one attached hydrogen (secondary N) is 1. The van der Waals surface area contributed by atoms with Crippen molar-refractivity contribution in [3.63, 3.8) is 0 Å². The molecular formula is C10H17NO2. The molecule has 0 saturated heterocycles. The Morgan fingerprint density at radius 2 is 2.31 bits per heavy atom. The first kappa shape index (κ1) is 10.3. The molecule has 0 unspecified atom stereocenters. The topological polar surface area (TPSA) is 38.3 Å². The van der Waals surface area contributed by atoms with Crippen LogP contribution in [-0.2, 0) is 9.53 Å². The molecule has 0 bridgehead atoms. The van der Waals surface area contributed by atoms with Crippen molar-refractivity contribution < 1.29 is 9.53 Å². The van der Waals surface area contributed by atoms with Gasteiger partial charge in [-0.1, -0.05) is 0 Å². The van der Waals surface area contributed by atoms with Gasteiger partial charge in [0.15, 0.2) is 5.78 Å². The minimum atomic E-state index is 0.249. The van der Waals surface area contributed by atoms with Gasteiger partial charge < -0.3 is 10.1 Å². The van der Waals surface area contributed by atoms with Gasteiger partial charge in [-0.15, -0.1) is 0 Å². The van der Waals surface area contributed by atoms with Gasteiger partial charge in [0, 0.05) is 38.5 Å². The van der Waals surface area contributed by atoms with Crippen LogP contribution >= 0.6 is 0 Å². The molecule has 0 spiro atoms. The lowest BCUT2D eigenvalue weighted by Crippen LogP contribution is -2.13. The van der Waals surface area contributed by atoms with E-state index in [1.165, 1.54) is 0 Å². The third kappa shape index (κ3) is 4.08. The van der Waals surface area contributed by atoms with Crippen LogP contribution < -0.4 is 5.32 Å². The molecule has 3 nitrogen and oxygen atoms in total. The van der Waals surface area contributed by atoms with Crippen LogP contribution in [0.5, 0.6) is 0 Å². The second-order valence-electron chi connectivity index (χ2n) is 3.26. The number of hydrogen-bond acceptors (Lipinski definition) is 3. The number of rotatable bonds is 6. The van der Waals surface area contributed by atoms with Gasteiger partial charge in [-0.25, -0.2) is 0 Å². The monoisotopic (exact) mass is 183 g/mol. The Hall–Kier alpha value is -0.830. The Bertz CT molecular complexity index is 199. The van der Waals surface area contributed by atoms with Crippen LogP contribution in [0, 0.1) is 0 Å². The van der Waals surface area contributed by atoms with E-state index in [9.17, 15) is 4.79 Å². The number of hydrogen-bond donors (Lipinski definition) is 1. The van der Waals surface area contributed by atoms with E-state index in [0.717, 1.165) is 38.1 Å². The predicted octanol–water partition coefficient (Wildman–Crippen LogP) is 1.25. The van der Waals surface area contributed by atoms with E-state index < -0.39 is 0 Å². The molecule has 0 aromatic heterocycles. The lowest BCUT2D eigenvalue weighted by atomic mass is 10.3. The van der Waals surface area contributed by atoms with Crippen molar-refractivity contribution in [1.29, 1.82) is 0 Å². The van der Waals surface area contributed by atoms with Gasteiger partial charge in [-0.3, -0.25) is 4.79 Å². The first-order valence-corrected chi connectivity index (χ1v) is 4.79. The van der Waals surface area contributed by atoms with Crippen molar-refractivity contribution in [2.45, 2.75) is 25.7 Å². The summed E-state index contributed by atoms with van der Waals surface area (Å²) < 4.78 is 4.93. The number of carbonyl (C=O) groups is 1. The molecule has 3 heteroatoms. The number of ketones is 1. The van der Waals surface area contributed by atoms with E-state index in [2.05, 4.69) is 5.32 Å². The Morgan fingerprint density at radius 1 is 1.46 bits per heavy atom. The summed E-state index contributed by atoms with van der Waals surface area (Å²) in [5.41, 5.74) is 1.10. The van der Waals surface area contributed by atoms with E-state index >= 15 is 0 Å². The minimum Gasteiger partial charge on any atom is -0.388 e. The molecule has 0 fully saturated rings. The molecule has 1 aliphatic carbocycles. The highest BCUT2D eigenvalue weighted by molar-refractivity contribution is 5.92. The number of ether oxygens (including phenoxy) is 1. The van der Waals surface area contributed by atoms with Crippen LogP contribution in [0.15, 0.2) is 11.8 Å². The molecule has 1 rings (SSSR count). The highest BCUT2D eigenvalue weighted by Crippen LogP contribution is 2.11. The molecule has 1 aliphatic rings. The zero-order chi connectivity index (χ0) is 9.52. The molecule has 74 valence electrons. The Labute approximate surface area is 79.2 Å². The van der Waals surface area contributed by atoms with Crippen molar-refractivity contribution in [3.8, 4) is 0 Å². The highest BCUT2D eigenvalue weighted by Gasteiger charge is 2.10. The molecule has 0 aromatic rings. The average Bonchev–Trinajstić information content (AvgIpc) is 2.51. The number of allylic oxidation sites excluding steroid dienone is 2. The molecule has 0 saturated carbocycles. The van der Waals surface area contributed by atoms with E-state index in [1.54, 1.807) is 13.2 Å². The second kappa shape index (κ2) is 5.75. The zero-order valence-electron chi connectivity index (χ0n) is 8.14. The number of methoxy groups -OCH3 is 1. The Morgan fingerprint density at radius 3 is 2.92 bits per heavy atom. The largest absolute Gasteiger partial charge is 0.388 e. The summed E-state index contributed by atoms with van der Waals surface area (Å²) in [7, 11) is 1.71. The summed E-state index contributed by atoms with van der Waals surface area (Å²) >= 11 is 0. The third-order valence-electron chi connectivity index (χ3n) is 2.10. The van der Waals surface area contributed by atoms with Gasteiger partial charge in [0.1, 0.15) is 0 Å². The van der Waals surface area contributed by atoms with Crippen LogP contribution in [0.25, 0.3) is 0 Å². The lowest BCUT2D eigenvalue weighted by molar-refractivity contribution is -0.114. The van der Waals surface area contributed by atoms with Gasteiger partial charge in [0.25, 0.3) is 0 Å². The van der Waals surface area contributed by atoms with Gasteiger partial charge in [0.05, 0.1) is 0 Å². The fraction of sp³-hybridized carbons (Fsp3) is 0.700. The van der Waals surface area contributed by atoms with Gasteiger partial charge in [-0.2, -0.15) is 0 Å². The fourth-order valence-corrected chi connectivity index (χ4v) is 1.36. The van der Waals surface area contributed by atoms with E-state index in [0.29, 0.717) is 6.42 Å². The van der Waals surface area contributed by atoms with Crippen LogP contribution in [0.1, 0.15) is 25.7 Å². The van der Waals surface area contributed by atoms with Crippen molar-refractivity contribution in [3.05, 3.63) is 11.8 Å². The number of unbranched alkanes of at least 4 members (excludes halogenated alkanes) is 1.